The smallest absolute Gasteiger partial charge is 0.193 e. The summed E-state index contributed by atoms with van der Waals surface area (Å²) in [5.74, 6) is 1.78. The van der Waals surface area contributed by atoms with Crippen molar-refractivity contribution in [3.63, 3.8) is 0 Å². The van der Waals surface area contributed by atoms with Gasteiger partial charge in [0.25, 0.3) is 0 Å². The molecule has 136 valence electrons. The molecule has 1 N–H and O–H groups in total. The zero-order valence-electron chi connectivity index (χ0n) is 15.1. The molecule has 0 unspecified atom stereocenters. The fourth-order valence-corrected chi connectivity index (χ4v) is 2.99. The topological polar surface area (TPSA) is 57.8 Å². The standard InChI is InChI=1S/C19H23ClN6/c1-3-21-19(25(2)14-15-7-6-8-16(20)13-15)22-11-10-18-24-23-17-9-4-5-12-26(17)18/h4-9,12-13H,3,10-11,14H2,1-2H3,(H,21,22). The van der Waals surface area contributed by atoms with Gasteiger partial charge in [-0.2, -0.15) is 0 Å². The Hall–Kier alpha value is -2.60. The molecule has 7 heteroatoms. The van der Waals surface area contributed by atoms with E-state index in [0.717, 1.165) is 47.5 Å². The first-order chi connectivity index (χ1) is 12.7. The van der Waals surface area contributed by atoms with Gasteiger partial charge in [0.15, 0.2) is 11.6 Å². The average molecular weight is 371 g/mol. The van der Waals surface area contributed by atoms with Crippen LogP contribution in [0.25, 0.3) is 5.65 Å². The summed E-state index contributed by atoms with van der Waals surface area (Å²) < 4.78 is 2.00. The van der Waals surface area contributed by atoms with Crippen LogP contribution in [0.1, 0.15) is 18.3 Å². The van der Waals surface area contributed by atoms with Crippen LogP contribution >= 0.6 is 11.6 Å². The van der Waals surface area contributed by atoms with Crippen LogP contribution < -0.4 is 5.32 Å². The highest BCUT2D eigenvalue weighted by Crippen LogP contribution is 2.12. The first-order valence-electron chi connectivity index (χ1n) is 8.70. The molecule has 0 aliphatic heterocycles. The lowest BCUT2D eigenvalue weighted by molar-refractivity contribution is 0.477. The van der Waals surface area contributed by atoms with E-state index in [0.29, 0.717) is 6.54 Å². The molecule has 6 nitrogen and oxygen atoms in total. The van der Waals surface area contributed by atoms with Gasteiger partial charge in [0.05, 0.1) is 0 Å². The molecule has 2 heterocycles. The highest BCUT2D eigenvalue weighted by molar-refractivity contribution is 6.30. The summed E-state index contributed by atoms with van der Waals surface area (Å²) in [5, 5.41) is 12.5. The molecule has 0 aliphatic carbocycles. The molecular weight excluding hydrogens is 348 g/mol. The third kappa shape index (κ3) is 4.52. The minimum absolute atomic E-state index is 0.637. The Labute approximate surface area is 158 Å². The van der Waals surface area contributed by atoms with Crippen molar-refractivity contribution in [2.45, 2.75) is 19.9 Å². The van der Waals surface area contributed by atoms with E-state index in [9.17, 15) is 0 Å². The molecule has 0 amide bonds. The molecular formula is C19H23ClN6. The third-order valence-electron chi connectivity index (χ3n) is 3.99. The molecule has 1 aromatic carbocycles. The van der Waals surface area contributed by atoms with Gasteiger partial charge < -0.3 is 10.2 Å². The monoisotopic (exact) mass is 370 g/mol. The SMILES string of the molecule is CCNC(=NCCc1nnc2ccccn12)N(C)Cc1cccc(Cl)c1. The van der Waals surface area contributed by atoms with E-state index in [4.69, 9.17) is 16.6 Å². The second kappa shape index (κ2) is 8.67. The summed E-state index contributed by atoms with van der Waals surface area (Å²) >= 11 is 6.08. The van der Waals surface area contributed by atoms with Crippen molar-refractivity contribution >= 4 is 23.2 Å². The molecule has 2 aromatic heterocycles. The maximum atomic E-state index is 6.08. The van der Waals surface area contributed by atoms with Crippen molar-refractivity contribution in [1.82, 2.24) is 24.8 Å². The molecule has 0 aliphatic rings. The molecule has 0 radical (unpaired) electrons. The van der Waals surface area contributed by atoms with E-state index < -0.39 is 0 Å². The van der Waals surface area contributed by atoms with Crippen molar-refractivity contribution in [2.24, 2.45) is 4.99 Å². The summed E-state index contributed by atoms with van der Waals surface area (Å²) in [5.41, 5.74) is 2.01. The van der Waals surface area contributed by atoms with E-state index in [1.807, 2.05) is 54.0 Å². The van der Waals surface area contributed by atoms with E-state index in [2.05, 4.69) is 33.4 Å². The number of nitrogens with one attached hydrogen (secondary N) is 1. The third-order valence-corrected chi connectivity index (χ3v) is 4.22. The number of halogens is 1. The van der Waals surface area contributed by atoms with Gasteiger partial charge in [0, 0.05) is 44.3 Å². The first-order valence-corrected chi connectivity index (χ1v) is 9.07. The fourth-order valence-electron chi connectivity index (χ4n) is 2.78. The number of fused-ring (bicyclic) bond motifs is 1. The number of guanidine groups is 1. The lowest BCUT2D eigenvalue weighted by Gasteiger charge is -2.22. The Morgan fingerprint density at radius 1 is 1.23 bits per heavy atom. The number of rotatable bonds is 6. The second-order valence-corrected chi connectivity index (χ2v) is 6.45. The van der Waals surface area contributed by atoms with Crippen molar-refractivity contribution in [1.29, 1.82) is 0 Å². The number of pyridine rings is 1. The number of aromatic nitrogens is 3. The van der Waals surface area contributed by atoms with Crippen LogP contribution in [0.3, 0.4) is 0 Å². The van der Waals surface area contributed by atoms with Crippen molar-refractivity contribution < 1.29 is 0 Å². The Morgan fingerprint density at radius 3 is 2.92 bits per heavy atom. The Balaban J connectivity index is 1.66. The quantitative estimate of drug-likeness (QED) is 0.535. The van der Waals surface area contributed by atoms with Gasteiger partial charge in [0.1, 0.15) is 5.82 Å². The van der Waals surface area contributed by atoms with Gasteiger partial charge in [-0.15, -0.1) is 10.2 Å². The molecule has 0 saturated carbocycles. The largest absolute Gasteiger partial charge is 0.357 e. The van der Waals surface area contributed by atoms with E-state index in [1.54, 1.807) is 0 Å². The van der Waals surface area contributed by atoms with Gasteiger partial charge in [-0.05, 0) is 36.8 Å². The van der Waals surface area contributed by atoms with Crippen LogP contribution in [-0.4, -0.2) is 45.6 Å². The Kier molecular flexibility index (Phi) is 6.07. The van der Waals surface area contributed by atoms with E-state index >= 15 is 0 Å². The number of nitrogens with zero attached hydrogens (tertiary/aromatic N) is 5. The number of benzene rings is 1. The van der Waals surface area contributed by atoms with Crippen molar-refractivity contribution in [3.05, 3.63) is 65.1 Å². The summed E-state index contributed by atoms with van der Waals surface area (Å²) in [6.45, 7) is 4.25. The average Bonchev–Trinajstić information content (AvgIpc) is 3.04. The van der Waals surface area contributed by atoms with Crippen molar-refractivity contribution in [3.8, 4) is 0 Å². The van der Waals surface area contributed by atoms with Gasteiger partial charge >= 0.3 is 0 Å². The summed E-state index contributed by atoms with van der Waals surface area (Å²) in [6, 6.07) is 13.8. The highest BCUT2D eigenvalue weighted by atomic mass is 35.5. The minimum atomic E-state index is 0.637. The Bertz CT molecular complexity index is 888. The molecule has 0 fully saturated rings. The maximum Gasteiger partial charge on any atom is 0.193 e. The van der Waals surface area contributed by atoms with Crippen LogP contribution in [0.15, 0.2) is 53.7 Å². The van der Waals surface area contributed by atoms with Crippen molar-refractivity contribution in [2.75, 3.05) is 20.1 Å². The molecule has 0 bridgehead atoms. The maximum absolute atomic E-state index is 6.08. The van der Waals surface area contributed by atoms with Gasteiger partial charge in [0.2, 0.25) is 0 Å². The van der Waals surface area contributed by atoms with E-state index in [1.165, 1.54) is 0 Å². The fraction of sp³-hybridized carbons (Fsp3) is 0.316. The Morgan fingerprint density at radius 2 is 2.12 bits per heavy atom. The molecule has 3 aromatic rings. The van der Waals surface area contributed by atoms with Crippen LogP contribution in [0.4, 0.5) is 0 Å². The molecule has 26 heavy (non-hydrogen) atoms. The molecule has 0 atom stereocenters. The van der Waals surface area contributed by atoms with Crippen LogP contribution in [0.2, 0.25) is 5.02 Å². The minimum Gasteiger partial charge on any atom is -0.357 e. The molecule has 0 saturated heterocycles. The lowest BCUT2D eigenvalue weighted by Crippen LogP contribution is -2.38. The summed E-state index contributed by atoms with van der Waals surface area (Å²) in [4.78, 5) is 6.83. The highest BCUT2D eigenvalue weighted by Gasteiger charge is 2.08. The normalized spacial score (nSPS) is 11.7. The zero-order valence-corrected chi connectivity index (χ0v) is 15.8. The molecule has 3 rings (SSSR count). The first kappa shape index (κ1) is 18.2. The van der Waals surface area contributed by atoms with Gasteiger partial charge in [-0.3, -0.25) is 9.39 Å². The van der Waals surface area contributed by atoms with Crippen LogP contribution in [-0.2, 0) is 13.0 Å². The van der Waals surface area contributed by atoms with Gasteiger partial charge in [-0.1, -0.05) is 29.8 Å². The van der Waals surface area contributed by atoms with Gasteiger partial charge in [-0.25, -0.2) is 0 Å². The predicted octanol–water partition coefficient (Wildman–Crippen LogP) is 3.02. The summed E-state index contributed by atoms with van der Waals surface area (Å²) in [7, 11) is 2.02. The molecule has 0 spiro atoms. The van der Waals surface area contributed by atoms with E-state index in [-0.39, 0.29) is 0 Å². The lowest BCUT2D eigenvalue weighted by atomic mass is 10.2. The number of aliphatic imine (C=N–C) groups is 1. The van der Waals surface area contributed by atoms with Crippen LogP contribution in [0, 0.1) is 0 Å². The number of hydrogen-bond acceptors (Lipinski definition) is 3. The predicted molar refractivity (Wildman–Crippen MR) is 106 cm³/mol. The van der Waals surface area contributed by atoms with Crippen LogP contribution in [0.5, 0.6) is 0 Å². The summed E-state index contributed by atoms with van der Waals surface area (Å²) in [6.07, 6.45) is 2.70. The zero-order chi connectivity index (χ0) is 18.4. The number of hydrogen-bond donors (Lipinski definition) is 1. The second-order valence-electron chi connectivity index (χ2n) is 6.02.